The molecule has 0 aromatic heterocycles. The van der Waals surface area contributed by atoms with Crippen LogP contribution in [0.4, 0.5) is 0 Å². The molecule has 0 saturated heterocycles. The van der Waals surface area contributed by atoms with Crippen LogP contribution in [0.5, 0.6) is 11.5 Å². The van der Waals surface area contributed by atoms with Gasteiger partial charge in [0, 0.05) is 12.0 Å². The number of nitrogens with zero attached hydrogens (tertiary/aromatic N) is 1. The van der Waals surface area contributed by atoms with Crippen molar-refractivity contribution in [3.05, 3.63) is 96.6 Å². The Morgan fingerprint density at radius 2 is 1.50 bits per heavy atom. The molecule has 4 heteroatoms. The van der Waals surface area contributed by atoms with Gasteiger partial charge in [-0.3, -0.25) is 4.79 Å². The third-order valence-electron chi connectivity index (χ3n) is 5.59. The van der Waals surface area contributed by atoms with Crippen LogP contribution in [0.2, 0.25) is 0 Å². The van der Waals surface area contributed by atoms with E-state index >= 15 is 0 Å². The Bertz CT molecular complexity index is 1000. The van der Waals surface area contributed by atoms with Gasteiger partial charge < -0.3 is 9.47 Å². The van der Waals surface area contributed by atoms with E-state index in [2.05, 4.69) is 49.4 Å². The summed E-state index contributed by atoms with van der Waals surface area (Å²) in [5.74, 6) is 0.966. The minimum absolute atomic E-state index is 0.328. The van der Waals surface area contributed by atoms with E-state index in [-0.39, 0.29) is 5.97 Å². The number of ether oxygens (including phenoxy) is 2. The predicted octanol–water partition coefficient (Wildman–Crippen LogP) is 9.18. The highest BCUT2D eigenvalue weighted by molar-refractivity contribution is 5.70. The first-order valence-electron chi connectivity index (χ1n) is 13.1. The summed E-state index contributed by atoms with van der Waals surface area (Å²) in [6.07, 6.45) is 22.0. The van der Waals surface area contributed by atoms with E-state index in [0.717, 1.165) is 44.9 Å². The maximum Gasteiger partial charge on any atom is 0.307 e. The second-order valence-electron chi connectivity index (χ2n) is 8.68. The first kappa shape index (κ1) is 28.7. The number of hydrogen-bond acceptors (Lipinski definition) is 4. The summed E-state index contributed by atoms with van der Waals surface area (Å²) in [5, 5.41) is 9.53. The molecule has 190 valence electrons. The molecule has 0 fully saturated rings. The average molecular weight is 486 g/mol. The number of allylic oxidation sites excluding steroid dienone is 6. The lowest BCUT2D eigenvalue weighted by Gasteiger charge is -2.13. The molecule has 1 unspecified atom stereocenters. The zero-order chi connectivity index (χ0) is 25.7. The smallest absolute Gasteiger partial charge is 0.307 e. The van der Waals surface area contributed by atoms with Crippen LogP contribution in [0.1, 0.15) is 82.8 Å². The Hall–Kier alpha value is -3.58. The number of hydrogen-bond donors (Lipinski definition) is 0. The molecule has 2 aromatic rings. The van der Waals surface area contributed by atoms with Gasteiger partial charge in [-0.25, -0.2) is 0 Å². The molecule has 0 aliphatic carbocycles. The molecule has 0 radical (unpaired) electrons. The topological polar surface area (TPSA) is 59.3 Å². The Kier molecular flexibility index (Phi) is 14.9. The number of para-hydroxylation sites is 1. The van der Waals surface area contributed by atoms with Gasteiger partial charge in [0.2, 0.25) is 6.10 Å². The van der Waals surface area contributed by atoms with Crippen LogP contribution >= 0.6 is 0 Å². The summed E-state index contributed by atoms with van der Waals surface area (Å²) < 4.78 is 11.3. The third kappa shape index (κ3) is 12.8. The number of esters is 1. The number of unbranched alkanes of at least 4 members (excludes halogenated alkanes) is 7. The Labute approximate surface area is 216 Å². The summed E-state index contributed by atoms with van der Waals surface area (Å²) in [7, 11) is 0. The minimum Gasteiger partial charge on any atom is -0.457 e. The van der Waals surface area contributed by atoms with E-state index < -0.39 is 6.10 Å². The normalized spacial score (nSPS) is 12.2. The van der Waals surface area contributed by atoms with E-state index in [9.17, 15) is 10.1 Å². The SMILES string of the molecule is CCCC/C=C/C=C/C=C\CCCCCCCC(=O)OC(C#N)c1cccc(Oc2ccccc2)c1. The molecule has 0 aliphatic rings. The summed E-state index contributed by atoms with van der Waals surface area (Å²) in [6.45, 7) is 2.21. The van der Waals surface area contributed by atoms with Crippen LogP contribution in [-0.2, 0) is 9.53 Å². The lowest BCUT2D eigenvalue weighted by molar-refractivity contribution is -0.147. The van der Waals surface area contributed by atoms with Crippen LogP contribution in [0.15, 0.2) is 91.1 Å². The molecular formula is C32H39NO3. The Morgan fingerprint density at radius 3 is 2.22 bits per heavy atom. The number of benzene rings is 2. The Morgan fingerprint density at radius 1 is 0.833 bits per heavy atom. The minimum atomic E-state index is -0.940. The summed E-state index contributed by atoms with van der Waals surface area (Å²) in [6, 6.07) is 18.6. The number of carbonyl (C=O) groups is 1. The van der Waals surface area contributed by atoms with Crippen LogP contribution < -0.4 is 4.74 Å². The van der Waals surface area contributed by atoms with Crippen molar-refractivity contribution in [2.45, 2.75) is 77.2 Å². The fourth-order valence-corrected chi connectivity index (χ4v) is 3.59. The molecule has 0 aliphatic heterocycles. The highest BCUT2D eigenvalue weighted by Crippen LogP contribution is 2.26. The van der Waals surface area contributed by atoms with Gasteiger partial charge in [0.25, 0.3) is 0 Å². The molecular weight excluding hydrogens is 446 g/mol. The molecule has 0 amide bonds. The summed E-state index contributed by atoms with van der Waals surface area (Å²) >= 11 is 0. The van der Waals surface area contributed by atoms with Gasteiger partial charge in [0.1, 0.15) is 17.6 Å². The maximum absolute atomic E-state index is 12.3. The van der Waals surface area contributed by atoms with E-state index in [1.54, 1.807) is 18.2 Å². The zero-order valence-electron chi connectivity index (χ0n) is 21.5. The molecule has 1 atom stereocenters. The molecule has 0 saturated carbocycles. The molecule has 0 N–H and O–H groups in total. The van der Waals surface area contributed by atoms with E-state index in [1.165, 1.54) is 12.8 Å². The molecule has 2 rings (SSSR count). The van der Waals surface area contributed by atoms with Gasteiger partial charge in [-0.1, -0.05) is 106 Å². The van der Waals surface area contributed by atoms with Crippen LogP contribution in [0.3, 0.4) is 0 Å². The van der Waals surface area contributed by atoms with Crippen LogP contribution in [0.25, 0.3) is 0 Å². The molecule has 0 bridgehead atoms. The van der Waals surface area contributed by atoms with E-state index in [4.69, 9.17) is 9.47 Å². The Balaban J connectivity index is 1.59. The summed E-state index contributed by atoms with van der Waals surface area (Å²) in [5.41, 5.74) is 0.606. The average Bonchev–Trinajstić information content (AvgIpc) is 2.90. The van der Waals surface area contributed by atoms with Crippen molar-refractivity contribution < 1.29 is 14.3 Å². The van der Waals surface area contributed by atoms with Crippen LogP contribution in [-0.4, -0.2) is 5.97 Å². The second kappa shape index (κ2) is 18.7. The van der Waals surface area contributed by atoms with Crippen LogP contribution in [0, 0.1) is 11.3 Å². The zero-order valence-corrected chi connectivity index (χ0v) is 21.5. The lowest BCUT2D eigenvalue weighted by atomic mass is 10.1. The molecule has 36 heavy (non-hydrogen) atoms. The maximum atomic E-state index is 12.3. The van der Waals surface area contributed by atoms with Crippen molar-refractivity contribution in [1.29, 1.82) is 5.26 Å². The third-order valence-corrected chi connectivity index (χ3v) is 5.59. The van der Waals surface area contributed by atoms with Gasteiger partial charge in [-0.05, 0) is 49.9 Å². The number of nitriles is 1. The van der Waals surface area contributed by atoms with Gasteiger partial charge in [0.15, 0.2) is 0 Å². The fourth-order valence-electron chi connectivity index (χ4n) is 3.59. The van der Waals surface area contributed by atoms with Gasteiger partial charge in [-0.2, -0.15) is 5.26 Å². The van der Waals surface area contributed by atoms with Crippen molar-refractivity contribution in [3.63, 3.8) is 0 Å². The molecule has 2 aromatic carbocycles. The van der Waals surface area contributed by atoms with Crippen molar-refractivity contribution in [2.24, 2.45) is 0 Å². The molecule has 4 nitrogen and oxygen atoms in total. The molecule has 0 heterocycles. The van der Waals surface area contributed by atoms with Crippen molar-refractivity contribution in [3.8, 4) is 17.6 Å². The predicted molar refractivity (Wildman–Crippen MR) is 147 cm³/mol. The van der Waals surface area contributed by atoms with Crippen molar-refractivity contribution >= 4 is 5.97 Å². The van der Waals surface area contributed by atoms with Gasteiger partial charge >= 0.3 is 5.97 Å². The highest BCUT2D eigenvalue weighted by Gasteiger charge is 2.16. The standard InChI is InChI=1S/C32H39NO3/c1-2-3-4-5-6-7-8-9-10-11-12-13-14-15-19-25-32(34)36-31(27-33)28-21-20-24-30(26-28)35-29-22-17-16-18-23-29/h5-10,16-18,20-24,26,31H,2-4,11-15,19,25H2,1H3/b6-5+,8-7+,10-9-. The number of rotatable bonds is 17. The number of carbonyl (C=O) groups excluding carboxylic acids is 1. The quantitative estimate of drug-likeness (QED) is 0.127. The van der Waals surface area contributed by atoms with E-state index in [0.29, 0.717) is 23.5 Å². The first-order chi connectivity index (χ1) is 17.7. The first-order valence-corrected chi connectivity index (χ1v) is 13.1. The van der Waals surface area contributed by atoms with Gasteiger partial charge in [-0.15, -0.1) is 0 Å². The lowest BCUT2D eigenvalue weighted by Crippen LogP contribution is -2.10. The van der Waals surface area contributed by atoms with Crippen molar-refractivity contribution in [2.75, 3.05) is 0 Å². The summed E-state index contributed by atoms with van der Waals surface area (Å²) in [4.78, 5) is 12.3. The van der Waals surface area contributed by atoms with Crippen molar-refractivity contribution in [1.82, 2.24) is 0 Å². The van der Waals surface area contributed by atoms with Gasteiger partial charge in [0.05, 0.1) is 0 Å². The fraction of sp³-hybridized carbons (Fsp3) is 0.375. The largest absolute Gasteiger partial charge is 0.457 e. The molecule has 0 spiro atoms. The highest BCUT2D eigenvalue weighted by atomic mass is 16.5. The second-order valence-corrected chi connectivity index (χ2v) is 8.68. The monoisotopic (exact) mass is 485 g/mol. The van der Waals surface area contributed by atoms with E-state index in [1.807, 2.05) is 36.4 Å².